The molecule has 2 aromatic carbocycles. The lowest BCUT2D eigenvalue weighted by molar-refractivity contribution is 0.274. The Labute approximate surface area is 135 Å². The van der Waals surface area contributed by atoms with Crippen LogP contribution in [-0.2, 0) is 0 Å². The minimum Gasteiger partial charge on any atom is -0.492 e. The number of hydrogen-bond acceptors (Lipinski definition) is 2. The van der Waals surface area contributed by atoms with Crippen LogP contribution in [0.4, 0.5) is 5.69 Å². The van der Waals surface area contributed by atoms with E-state index in [9.17, 15) is 0 Å². The van der Waals surface area contributed by atoms with Crippen molar-refractivity contribution in [2.45, 2.75) is 26.3 Å². The molecule has 1 aliphatic rings. The van der Waals surface area contributed by atoms with Crippen molar-refractivity contribution in [3.63, 3.8) is 0 Å². The average Bonchev–Trinajstić information content (AvgIpc) is 2.38. The van der Waals surface area contributed by atoms with Gasteiger partial charge in [0, 0.05) is 22.7 Å². The maximum atomic E-state index is 6.23. The Morgan fingerprint density at radius 3 is 2.48 bits per heavy atom. The molecule has 2 aromatic rings. The van der Waals surface area contributed by atoms with Crippen molar-refractivity contribution < 1.29 is 4.74 Å². The van der Waals surface area contributed by atoms with Gasteiger partial charge in [0.1, 0.15) is 5.75 Å². The van der Waals surface area contributed by atoms with Crippen LogP contribution in [0, 0.1) is 13.8 Å². The minimum atomic E-state index is 0.158. The van der Waals surface area contributed by atoms with Crippen molar-refractivity contribution in [3.05, 3.63) is 57.1 Å². The number of nitrogens with one attached hydrogen (secondary N) is 1. The lowest BCUT2D eigenvalue weighted by Gasteiger charge is -2.28. The molecule has 1 heterocycles. The highest BCUT2D eigenvalue weighted by Gasteiger charge is 2.24. The topological polar surface area (TPSA) is 21.3 Å². The number of anilines is 1. The lowest BCUT2D eigenvalue weighted by Crippen LogP contribution is -2.20. The van der Waals surface area contributed by atoms with Crippen LogP contribution >= 0.6 is 23.2 Å². The molecule has 4 heteroatoms. The van der Waals surface area contributed by atoms with Crippen LogP contribution in [0.1, 0.15) is 29.2 Å². The maximum Gasteiger partial charge on any atom is 0.143 e. The summed E-state index contributed by atoms with van der Waals surface area (Å²) in [5.74, 6) is 0.745. The smallest absolute Gasteiger partial charge is 0.143 e. The number of benzene rings is 2. The predicted octanol–water partition coefficient (Wildman–Crippen LogP) is 5.55. The van der Waals surface area contributed by atoms with Crippen LogP contribution < -0.4 is 10.1 Å². The van der Waals surface area contributed by atoms with Crippen molar-refractivity contribution in [3.8, 4) is 5.75 Å². The zero-order valence-corrected chi connectivity index (χ0v) is 13.6. The minimum absolute atomic E-state index is 0.158. The van der Waals surface area contributed by atoms with Crippen LogP contribution in [0.5, 0.6) is 5.75 Å². The van der Waals surface area contributed by atoms with Crippen molar-refractivity contribution in [1.82, 2.24) is 0 Å². The molecule has 0 radical (unpaired) electrons. The third-order valence-corrected chi connectivity index (χ3v) is 4.13. The van der Waals surface area contributed by atoms with Crippen LogP contribution in [0.25, 0.3) is 0 Å². The molecule has 1 atom stereocenters. The summed E-state index contributed by atoms with van der Waals surface area (Å²) in [7, 11) is 0. The van der Waals surface area contributed by atoms with Gasteiger partial charge in [-0.05, 0) is 49.2 Å². The number of ether oxygens (including phenoxy) is 1. The lowest BCUT2D eigenvalue weighted by atomic mass is 9.99. The van der Waals surface area contributed by atoms with Gasteiger partial charge >= 0.3 is 0 Å². The first-order valence-corrected chi connectivity index (χ1v) is 7.75. The number of halogens is 2. The number of aryl methyl sites for hydroxylation is 2. The Morgan fingerprint density at radius 2 is 1.76 bits per heavy atom. The van der Waals surface area contributed by atoms with E-state index in [1.807, 2.05) is 6.07 Å². The molecular weight excluding hydrogens is 305 g/mol. The Morgan fingerprint density at radius 1 is 1.05 bits per heavy atom. The molecule has 21 heavy (non-hydrogen) atoms. The van der Waals surface area contributed by atoms with E-state index in [2.05, 4.69) is 37.4 Å². The number of hydrogen-bond donors (Lipinski definition) is 1. The summed E-state index contributed by atoms with van der Waals surface area (Å²) >= 11 is 12.4. The average molecular weight is 322 g/mol. The van der Waals surface area contributed by atoms with Crippen molar-refractivity contribution >= 4 is 28.9 Å². The SMILES string of the molecule is Cc1cc(C)cc(NC2CCOc3c(Cl)cc(Cl)cc32)c1. The summed E-state index contributed by atoms with van der Waals surface area (Å²) in [5, 5.41) is 4.79. The van der Waals surface area contributed by atoms with E-state index in [0.717, 1.165) is 23.4 Å². The Kier molecular flexibility index (Phi) is 4.01. The first-order chi connectivity index (χ1) is 10.0. The summed E-state index contributed by atoms with van der Waals surface area (Å²) in [6.07, 6.45) is 0.886. The van der Waals surface area contributed by atoms with E-state index in [-0.39, 0.29) is 6.04 Å². The second kappa shape index (κ2) is 5.78. The summed E-state index contributed by atoms with van der Waals surface area (Å²) < 4.78 is 5.69. The van der Waals surface area contributed by atoms with Crippen molar-refractivity contribution in [1.29, 1.82) is 0 Å². The van der Waals surface area contributed by atoms with Gasteiger partial charge in [-0.3, -0.25) is 0 Å². The Bertz CT molecular complexity index is 664. The van der Waals surface area contributed by atoms with Gasteiger partial charge in [-0.25, -0.2) is 0 Å². The fourth-order valence-corrected chi connectivity index (χ4v) is 3.40. The molecule has 0 amide bonds. The van der Waals surface area contributed by atoms with E-state index in [4.69, 9.17) is 27.9 Å². The maximum absolute atomic E-state index is 6.23. The van der Waals surface area contributed by atoms with Gasteiger partial charge in [0.2, 0.25) is 0 Å². The summed E-state index contributed by atoms with van der Waals surface area (Å²) in [6.45, 7) is 4.85. The second-order valence-electron chi connectivity index (χ2n) is 5.52. The van der Waals surface area contributed by atoms with Crippen molar-refractivity contribution in [2.75, 3.05) is 11.9 Å². The van der Waals surface area contributed by atoms with Crippen LogP contribution in [-0.4, -0.2) is 6.61 Å². The third-order valence-electron chi connectivity index (χ3n) is 3.63. The molecule has 3 rings (SSSR count). The normalized spacial score (nSPS) is 17.0. The molecule has 0 aliphatic carbocycles. The molecule has 0 aromatic heterocycles. The number of rotatable bonds is 2. The van der Waals surface area contributed by atoms with Gasteiger partial charge in [0.15, 0.2) is 0 Å². The molecule has 1 unspecified atom stereocenters. The zero-order valence-electron chi connectivity index (χ0n) is 12.0. The highest BCUT2D eigenvalue weighted by molar-refractivity contribution is 6.35. The third kappa shape index (κ3) is 3.12. The molecule has 2 nitrogen and oxygen atoms in total. The van der Waals surface area contributed by atoms with Gasteiger partial charge in [0.05, 0.1) is 17.7 Å². The second-order valence-corrected chi connectivity index (χ2v) is 6.36. The van der Waals surface area contributed by atoms with Crippen molar-refractivity contribution in [2.24, 2.45) is 0 Å². The summed E-state index contributed by atoms with van der Waals surface area (Å²) in [6, 6.07) is 10.3. The van der Waals surface area contributed by atoms with Gasteiger partial charge < -0.3 is 10.1 Å². The first-order valence-electron chi connectivity index (χ1n) is 6.99. The molecule has 0 spiro atoms. The number of fused-ring (bicyclic) bond motifs is 1. The van der Waals surface area contributed by atoms with Gasteiger partial charge in [0.25, 0.3) is 0 Å². The largest absolute Gasteiger partial charge is 0.492 e. The van der Waals surface area contributed by atoms with Crippen LogP contribution in [0.2, 0.25) is 10.0 Å². The Hall–Kier alpha value is -1.38. The molecule has 0 bridgehead atoms. The summed E-state index contributed by atoms with van der Waals surface area (Å²) in [5.41, 5.74) is 4.63. The highest BCUT2D eigenvalue weighted by atomic mass is 35.5. The molecule has 0 fully saturated rings. The van der Waals surface area contributed by atoms with E-state index in [1.54, 1.807) is 6.07 Å². The standard InChI is InChI=1S/C17H17Cl2NO/c1-10-5-11(2)7-13(6-10)20-16-3-4-21-17-14(16)8-12(18)9-15(17)19/h5-9,16,20H,3-4H2,1-2H3. The first kappa shape index (κ1) is 14.6. The van der Waals surface area contributed by atoms with E-state index < -0.39 is 0 Å². The zero-order chi connectivity index (χ0) is 15.0. The monoisotopic (exact) mass is 321 g/mol. The van der Waals surface area contributed by atoms with Gasteiger partial charge in [-0.15, -0.1) is 0 Å². The van der Waals surface area contributed by atoms with E-state index in [0.29, 0.717) is 16.7 Å². The fraction of sp³-hybridized carbons (Fsp3) is 0.294. The fourth-order valence-electron chi connectivity index (χ4n) is 2.83. The van der Waals surface area contributed by atoms with Crippen LogP contribution in [0.15, 0.2) is 30.3 Å². The molecule has 0 saturated heterocycles. The molecule has 1 N–H and O–H groups in total. The van der Waals surface area contributed by atoms with Gasteiger partial charge in [-0.1, -0.05) is 29.3 Å². The van der Waals surface area contributed by atoms with E-state index in [1.165, 1.54) is 11.1 Å². The highest BCUT2D eigenvalue weighted by Crippen LogP contribution is 2.41. The Balaban J connectivity index is 1.95. The quantitative estimate of drug-likeness (QED) is 0.783. The van der Waals surface area contributed by atoms with Gasteiger partial charge in [-0.2, -0.15) is 0 Å². The molecule has 0 saturated carbocycles. The molecule has 110 valence electrons. The predicted molar refractivity (Wildman–Crippen MR) is 88.9 cm³/mol. The van der Waals surface area contributed by atoms with E-state index >= 15 is 0 Å². The molecular formula is C17H17Cl2NO. The molecule has 1 aliphatic heterocycles. The van der Waals surface area contributed by atoms with Crippen LogP contribution in [0.3, 0.4) is 0 Å². The summed E-state index contributed by atoms with van der Waals surface area (Å²) in [4.78, 5) is 0.